The maximum atomic E-state index is 13.2. The van der Waals surface area contributed by atoms with E-state index >= 15 is 0 Å². The molecule has 116 valence electrons. The van der Waals surface area contributed by atoms with Crippen LogP contribution in [0.25, 0.3) is 0 Å². The van der Waals surface area contributed by atoms with Crippen molar-refractivity contribution < 1.29 is 36.3 Å². The minimum Gasteiger partial charge on any atom is -0.465 e. The van der Waals surface area contributed by atoms with Gasteiger partial charge in [-0.2, -0.15) is 0 Å². The highest BCUT2D eigenvalue weighted by Crippen LogP contribution is 2.26. The summed E-state index contributed by atoms with van der Waals surface area (Å²) >= 11 is 0. The third kappa shape index (κ3) is 3.80. The Bertz CT molecular complexity index is 550. The fourth-order valence-corrected chi connectivity index (χ4v) is 1.24. The number of carbonyl (C=O) groups excluding carboxylic acids is 2. The number of nitrogens with one attached hydrogen (secondary N) is 2. The molecule has 1 aromatic rings. The molecule has 0 bridgehead atoms. The van der Waals surface area contributed by atoms with E-state index in [1.165, 1.54) is 12.2 Å². The molecule has 2 amide bonds. The van der Waals surface area contributed by atoms with Gasteiger partial charge in [-0.25, -0.2) is 26.7 Å². The Kier molecular flexibility index (Phi) is 5.44. The van der Waals surface area contributed by atoms with E-state index in [1.807, 2.05) is 5.32 Å². The number of carbonyl (C=O) groups is 2. The topological polar surface area (TPSA) is 67.4 Å². The summed E-state index contributed by atoms with van der Waals surface area (Å²) in [6, 6.07) is -1.34. The molecule has 0 aliphatic carbocycles. The van der Waals surface area contributed by atoms with Crippen molar-refractivity contribution >= 4 is 17.7 Å². The molecule has 0 heterocycles. The quantitative estimate of drug-likeness (QED) is 0.387. The Morgan fingerprint density at radius 1 is 0.952 bits per heavy atom. The molecule has 0 spiro atoms. The van der Waals surface area contributed by atoms with E-state index in [2.05, 4.69) is 4.74 Å². The van der Waals surface area contributed by atoms with Crippen molar-refractivity contribution in [3.63, 3.8) is 0 Å². The molecule has 21 heavy (non-hydrogen) atoms. The first kappa shape index (κ1) is 16.7. The van der Waals surface area contributed by atoms with Crippen LogP contribution in [0.3, 0.4) is 0 Å². The lowest BCUT2D eigenvalue weighted by atomic mass is 10.2. The number of ether oxygens (including phenoxy) is 1. The van der Waals surface area contributed by atoms with Crippen LogP contribution in [0.4, 0.5) is 32.4 Å². The number of rotatable bonds is 4. The monoisotopic (exact) mass is 312 g/mol. The van der Waals surface area contributed by atoms with Gasteiger partial charge in [0, 0.05) is 0 Å². The molecular formula is C11H9F5N2O3. The second kappa shape index (κ2) is 6.86. The van der Waals surface area contributed by atoms with E-state index in [0.717, 1.165) is 0 Å². The van der Waals surface area contributed by atoms with Crippen LogP contribution in [0.5, 0.6) is 0 Å². The zero-order chi connectivity index (χ0) is 16.2. The molecule has 0 aliphatic rings. The van der Waals surface area contributed by atoms with Crippen molar-refractivity contribution in [1.29, 1.82) is 0 Å². The zero-order valence-electron chi connectivity index (χ0n) is 10.5. The first-order valence-corrected chi connectivity index (χ1v) is 5.51. The molecule has 0 radical (unpaired) electrons. The van der Waals surface area contributed by atoms with Crippen LogP contribution in [0, 0.1) is 29.1 Å². The standard InChI is InChI=1S/C11H9F5N2O3/c1-2-21-4(19)3-17-11(20)18-10-8(15)6(13)5(12)7(14)9(10)16/h2-3H2,1H3,(H2,17,18,20). The number of hydrogen-bond donors (Lipinski definition) is 2. The predicted molar refractivity (Wildman–Crippen MR) is 59.9 cm³/mol. The van der Waals surface area contributed by atoms with Crippen molar-refractivity contribution in [2.24, 2.45) is 0 Å². The van der Waals surface area contributed by atoms with Crippen LogP contribution in [-0.2, 0) is 9.53 Å². The molecule has 1 aromatic carbocycles. The molecule has 10 heteroatoms. The van der Waals surface area contributed by atoms with Crippen LogP contribution >= 0.6 is 0 Å². The van der Waals surface area contributed by atoms with Crippen LogP contribution in [-0.4, -0.2) is 25.2 Å². The zero-order valence-corrected chi connectivity index (χ0v) is 10.5. The summed E-state index contributed by atoms with van der Waals surface area (Å²) in [6.07, 6.45) is 0. The summed E-state index contributed by atoms with van der Waals surface area (Å²) in [6.45, 7) is 0.904. The van der Waals surface area contributed by atoms with Gasteiger partial charge < -0.3 is 15.4 Å². The first-order valence-electron chi connectivity index (χ1n) is 5.51. The number of benzene rings is 1. The molecular weight excluding hydrogens is 303 g/mol. The Labute approximate surface area is 115 Å². The van der Waals surface area contributed by atoms with E-state index in [-0.39, 0.29) is 6.61 Å². The Hall–Kier alpha value is -2.39. The molecule has 0 saturated heterocycles. The van der Waals surface area contributed by atoms with Crippen molar-refractivity contribution in [2.75, 3.05) is 18.5 Å². The number of anilines is 1. The van der Waals surface area contributed by atoms with Gasteiger partial charge in [0.1, 0.15) is 12.2 Å². The first-order chi connectivity index (χ1) is 9.79. The van der Waals surface area contributed by atoms with E-state index in [4.69, 9.17) is 0 Å². The lowest BCUT2D eigenvalue weighted by molar-refractivity contribution is -0.141. The number of esters is 1. The molecule has 0 unspecified atom stereocenters. The van der Waals surface area contributed by atoms with Crippen LogP contribution in [0.2, 0.25) is 0 Å². The number of hydrogen-bond acceptors (Lipinski definition) is 3. The van der Waals surface area contributed by atoms with Gasteiger partial charge in [0.2, 0.25) is 5.82 Å². The van der Waals surface area contributed by atoms with E-state index in [9.17, 15) is 31.5 Å². The number of urea groups is 1. The minimum absolute atomic E-state index is 0.0414. The highest BCUT2D eigenvalue weighted by molar-refractivity contribution is 5.91. The van der Waals surface area contributed by atoms with Crippen LogP contribution < -0.4 is 10.6 Å². The molecule has 0 aromatic heterocycles. The second-order valence-corrected chi connectivity index (χ2v) is 3.56. The average molecular weight is 312 g/mol. The maximum Gasteiger partial charge on any atom is 0.325 e. The van der Waals surface area contributed by atoms with Crippen molar-refractivity contribution in [3.8, 4) is 0 Å². The molecule has 0 fully saturated rings. The summed E-state index contributed by atoms with van der Waals surface area (Å²) in [5, 5.41) is 3.26. The van der Waals surface area contributed by atoms with Gasteiger partial charge in [0.15, 0.2) is 23.3 Å². The molecule has 2 N–H and O–H groups in total. The second-order valence-electron chi connectivity index (χ2n) is 3.56. The van der Waals surface area contributed by atoms with Crippen molar-refractivity contribution in [2.45, 2.75) is 6.92 Å². The van der Waals surface area contributed by atoms with E-state index < -0.39 is 53.3 Å². The normalized spacial score (nSPS) is 10.2. The summed E-state index contributed by atoms with van der Waals surface area (Å²) < 4.78 is 69.4. The Balaban J connectivity index is 2.84. The Morgan fingerprint density at radius 3 is 1.90 bits per heavy atom. The van der Waals surface area contributed by atoms with Gasteiger partial charge in [0.25, 0.3) is 0 Å². The molecule has 5 nitrogen and oxygen atoms in total. The van der Waals surface area contributed by atoms with Crippen molar-refractivity contribution in [1.82, 2.24) is 5.32 Å². The molecule has 0 saturated carbocycles. The SMILES string of the molecule is CCOC(=O)CNC(=O)Nc1c(F)c(F)c(F)c(F)c1F. The average Bonchev–Trinajstić information content (AvgIpc) is 2.46. The Morgan fingerprint density at radius 2 is 1.43 bits per heavy atom. The lowest BCUT2D eigenvalue weighted by Gasteiger charge is -2.10. The smallest absolute Gasteiger partial charge is 0.325 e. The van der Waals surface area contributed by atoms with Gasteiger partial charge >= 0.3 is 12.0 Å². The fourth-order valence-electron chi connectivity index (χ4n) is 1.24. The molecule has 0 atom stereocenters. The largest absolute Gasteiger partial charge is 0.465 e. The van der Waals surface area contributed by atoms with Crippen LogP contribution in [0.15, 0.2) is 0 Å². The van der Waals surface area contributed by atoms with Gasteiger partial charge in [-0.3, -0.25) is 4.79 Å². The van der Waals surface area contributed by atoms with Gasteiger partial charge in [0.05, 0.1) is 6.61 Å². The summed E-state index contributed by atoms with van der Waals surface area (Å²) in [5.74, 6) is -12.0. The minimum atomic E-state index is -2.34. The van der Waals surface area contributed by atoms with Crippen molar-refractivity contribution in [3.05, 3.63) is 29.1 Å². The van der Waals surface area contributed by atoms with Gasteiger partial charge in [-0.1, -0.05) is 0 Å². The third-order valence-corrected chi connectivity index (χ3v) is 2.15. The molecule has 1 rings (SSSR count). The van der Waals surface area contributed by atoms with E-state index in [1.54, 1.807) is 0 Å². The molecule has 0 aliphatic heterocycles. The van der Waals surface area contributed by atoms with Crippen LogP contribution in [0.1, 0.15) is 6.92 Å². The van der Waals surface area contributed by atoms with Gasteiger partial charge in [-0.15, -0.1) is 0 Å². The highest BCUT2D eigenvalue weighted by Gasteiger charge is 2.26. The lowest BCUT2D eigenvalue weighted by Crippen LogP contribution is -2.34. The fraction of sp³-hybridized carbons (Fsp3) is 0.273. The van der Waals surface area contributed by atoms with E-state index in [0.29, 0.717) is 0 Å². The third-order valence-electron chi connectivity index (χ3n) is 2.15. The highest BCUT2D eigenvalue weighted by atomic mass is 19.2. The number of amides is 2. The maximum absolute atomic E-state index is 13.2. The summed E-state index contributed by atoms with van der Waals surface area (Å²) in [4.78, 5) is 22.1. The number of halogens is 5. The van der Waals surface area contributed by atoms with Gasteiger partial charge in [-0.05, 0) is 6.92 Å². The predicted octanol–water partition coefficient (Wildman–Crippen LogP) is 2.07. The summed E-state index contributed by atoms with van der Waals surface area (Å²) in [5.41, 5.74) is -1.52. The summed E-state index contributed by atoms with van der Waals surface area (Å²) in [7, 11) is 0.